The van der Waals surface area contributed by atoms with Gasteiger partial charge in [-0.25, -0.2) is 0 Å². The van der Waals surface area contributed by atoms with E-state index in [0.29, 0.717) is 24.3 Å². The summed E-state index contributed by atoms with van der Waals surface area (Å²) in [4.78, 5) is 25.7. The number of nitrogen functional groups attached to an aromatic ring is 1. The number of nitrogens with zero attached hydrogens (tertiary/aromatic N) is 1. The van der Waals surface area contributed by atoms with E-state index in [1.807, 2.05) is 13.8 Å². The normalized spacial score (nSPS) is 11.7. The van der Waals surface area contributed by atoms with E-state index >= 15 is 0 Å². The zero-order chi connectivity index (χ0) is 14.4. The second-order valence-electron chi connectivity index (χ2n) is 4.33. The number of anilines is 1. The highest BCUT2D eigenvalue weighted by atomic mass is 16.2. The van der Waals surface area contributed by atoms with E-state index in [1.54, 1.807) is 36.1 Å². The molecule has 5 nitrogen and oxygen atoms in total. The third kappa shape index (κ3) is 3.98. The minimum atomic E-state index is -0.547. The fourth-order valence-corrected chi connectivity index (χ4v) is 1.83. The minimum absolute atomic E-state index is 0.0812. The summed E-state index contributed by atoms with van der Waals surface area (Å²) in [6.45, 7) is 6.77. The standard InChI is InChI=1S/C14H21N3O2/c1-4-17(5-2)14(19)10(3)16-13(18)11-7-6-8-12(15)9-11/h6-10H,4-5,15H2,1-3H3,(H,16,18). The maximum atomic E-state index is 12.0. The van der Waals surface area contributed by atoms with Crippen LogP contribution >= 0.6 is 0 Å². The number of carbonyl (C=O) groups excluding carboxylic acids is 2. The number of amides is 2. The molecule has 0 aromatic heterocycles. The van der Waals surface area contributed by atoms with Gasteiger partial charge in [-0.15, -0.1) is 0 Å². The van der Waals surface area contributed by atoms with Gasteiger partial charge in [0.2, 0.25) is 5.91 Å². The molecule has 0 aliphatic heterocycles. The van der Waals surface area contributed by atoms with Gasteiger partial charge in [0.1, 0.15) is 6.04 Å². The third-order valence-corrected chi connectivity index (χ3v) is 2.94. The Morgan fingerprint density at radius 3 is 2.47 bits per heavy atom. The maximum absolute atomic E-state index is 12.0. The molecule has 1 unspecified atom stereocenters. The molecule has 0 saturated carbocycles. The van der Waals surface area contributed by atoms with Crippen molar-refractivity contribution < 1.29 is 9.59 Å². The SMILES string of the molecule is CCN(CC)C(=O)C(C)NC(=O)c1cccc(N)c1. The lowest BCUT2D eigenvalue weighted by Crippen LogP contribution is -2.46. The van der Waals surface area contributed by atoms with Crippen molar-refractivity contribution in [3.05, 3.63) is 29.8 Å². The van der Waals surface area contributed by atoms with Gasteiger partial charge in [0, 0.05) is 24.3 Å². The first-order valence-electron chi connectivity index (χ1n) is 6.44. The average molecular weight is 263 g/mol. The summed E-state index contributed by atoms with van der Waals surface area (Å²) in [7, 11) is 0. The highest BCUT2D eigenvalue weighted by Crippen LogP contribution is 2.07. The van der Waals surface area contributed by atoms with Crippen LogP contribution in [0.1, 0.15) is 31.1 Å². The molecule has 1 aromatic rings. The Balaban J connectivity index is 2.69. The summed E-state index contributed by atoms with van der Waals surface area (Å²) in [5.41, 5.74) is 6.60. The third-order valence-electron chi connectivity index (χ3n) is 2.94. The quantitative estimate of drug-likeness (QED) is 0.785. The smallest absolute Gasteiger partial charge is 0.251 e. The van der Waals surface area contributed by atoms with Gasteiger partial charge in [0.15, 0.2) is 0 Å². The first-order valence-corrected chi connectivity index (χ1v) is 6.44. The number of nitrogens with one attached hydrogen (secondary N) is 1. The van der Waals surface area contributed by atoms with Crippen molar-refractivity contribution in [1.82, 2.24) is 10.2 Å². The van der Waals surface area contributed by atoms with Crippen molar-refractivity contribution in [2.24, 2.45) is 0 Å². The van der Waals surface area contributed by atoms with E-state index < -0.39 is 6.04 Å². The van der Waals surface area contributed by atoms with Crippen LogP contribution in [0.15, 0.2) is 24.3 Å². The number of carbonyl (C=O) groups is 2. The summed E-state index contributed by atoms with van der Waals surface area (Å²) in [6, 6.07) is 6.13. The summed E-state index contributed by atoms with van der Waals surface area (Å²) in [5, 5.41) is 2.69. The lowest BCUT2D eigenvalue weighted by atomic mass is 10.1. The summed E-state index contributed by atoms with van der Waals surface area (Å²) >= 11 is 0. The van der Waals surface area contributed by atoms with Crippen LogP contribution in [0.5, 0.6) is 0 Å². The van der Waals surface area contributed by atoms with E-state index in [-0.39, 0.29) is 11.8 Å². The highest BCUT2D eigenvalue weighted by Gasteiger charge is 2.20. The van der Waals surface area contributed by atoms with Gasteiger partial charge in [0.05, 0.1) is 0 Å². The number of nitrogens with two attached hydrogens (primary N) is 1. The number of hydrogen-bond acceptors (Lipinski definition) is 3. The van der Waals surface area contributed by atoms with Crippen LogP contribution in [0.2, 0.25) is 0 Å². The molecule has 0 heterocycles. The molecule has 0 fully saturated rings. The topological polar surface area (TPSA) is 75.4 Å². The molecule has 0 aliphatic rings. The first kappa shape index (κ1) is 15.0. The second kappa shape index (κ2) is 6.78. The van der Waals surface area contributed by atoms with Crippen LogP contribution in [0.25, 0.3) is 0 Å². The highest BCUT2D eigenvalue weighted by molar-refractivity contribution is 5.98. The van der Waals surface area contributed by atoms with Crippen molar-refractivity contribution in [1.29, 1.82) is 0 Å². The monoisotopic (exact) mass is 263 g/mol. The van der Waals surface area contributed by atoms with Crippen LogP contribution in [0, 0.1) is 0 Å². The molecule has 0 aliphatic carbocycles. The maximum Gasteiger partial charge on any atom is 0.251 e. The number of hydrogen-bond donors (Lipinski definition) is 2. The van der Waals surface area contributed by atoms with Crippen LogP contribution in [0.3, 0.4) is 0 Å². The summed E-state index contributed by atoms with van der Waals surface area (Å²) in [5.74, 6) is -0.373. The lowest BCUT2D eigenvalue weighted by Gasteiger charge is -2.23. The molecule has 1 atom stereocenters. The second-order valence-corrected chi connectivity index (χ2v) is 4.33. The zero-order valence-corrected chi connectivity index (χ0v) is 11.6. The van der Waals surface area contributed by atoms with E-state index in [2.05, 4.69) is 5.32 Å². The molecule has 104 valence electrons. The Morgan fingerprint density at radius 1 is 1.32 bits per heavy atom. The van der Waals surface area contributed by atoms with E-state index in [4.69, 9.17) is 5.73 Å². The first-order chi connectivity index (χ1) is 8.99. The van der Waals surface area contributed by atoms with Gasteiger partial charge in [-0.05, 0) is 39.0 Å². The summed E-state index contributed by atoms with van der Waals surface area (Å²) in [6.07, 6.45) is 0. The number of likely N-dealkylation sites (N-methyl/N-ethyl adjacent to an activating group) is 1. The van der Waals surface area contributed by atoms with Gasteiger partial charge >= 0.3 is 0 Å². The van der Waals surface area contributed by atoms with Crippen LogP contribution < -0.4 is 11.1 Å². The molecule has 0 spiro atoms. The molecular formula is C14H21N3O2. The van der Waals surface area contributed by atoms with Gasteiger partial charge in [-0.3, -0.25) is 9.59 Å². The molecule has 19 heavy (non-hydrogen) atoms. The minimum Gasteiger partial charge on any atom is -0.399 e. The molecular weight excluding hydrogens is 242 g/mol. The molecule has 1 rings (SSSR count). The van der Waals surface area contributed by atoms with Crippen molar-refractivity contribution >= 4 is 17.5 Å². The average Bonchev–Trinajstić information content (AvgIpc) is 2.39. The Kier molecular flexibility index (Phi) is 5.36. The largest absolute Gasteiger partial charge is 0.399 e. The molecule has 3 N–H and O–H groups in total. The predicted octanol–water partition coefficient (Wildman–Crippen LogP) is 1.26. The molecule has 0 saturated heterocycles. The molecule has 0 bridgehead atoms. The predicted molar refractivity (Wildman–Crippen MR) is 75.7 cm³/mol. The van der Waals surface area contributed by atoms with E-state index in [0.717, 1.165) is 0 Å². The fraction of sp³-hybridized carbons (Fsp3) is 0.429. The Hall–Kier alpha value is -2.04. The lowest BCUT2D eigenvalue weighted by molar-refractivity contribution is -0.132. The molecule has 2 amide bonds. The Bertz CT molecular complexity index is 456. The van der Waals surface area contributed by atoms with Crippen molar-refractivity contribution in [3.8, 4) is 0 Å². The van der Waals surface area contributed by atoms with Gasteiger partial charge < -0.3 is 16.0 Å². The van der Waals surface area contributed by atoms with Crippen LogP contribution in [-0.4, -0.2) is 35.8 Å². The van der Waals surface area contributed by atoms with Gasteiger partial charge in [-0.1, -0.05) is 6.07 Å². The van der Waals surface area contributed by atoms with Gasteiger partial charge in [0.25, 0.3) is 5.91 Å². The van der Waals surface area contributed by atoms with Crippen LogP contribution in [-0.2, 0) is 4.79 Å². The van der Waals surface area contributed by atoms with E-state index in [1.165, 1.54) is 0 Å². The molecule has 1 aromatic carbocycles. The Labute approximate surface area is 113 Å². The zero-order valence-electron chi connectivity index (χ0n) is 11.6. The van der Waals surface area contributed by atoms with Crippen molar-refractivity contribution in [3.63, 3.8) is 0 Å². The van der Waals surface area contributed by atoms with Crippen molar-refractivity contribution in [2.45, 2.75) is 26.8 Å². The van der Waals surface area contributed by atoms with Gasteiger partial charge in [-0.2, -0.15) is 0 Å². The number of rotatable bonds is 5. The summed E-state index contributed by atoms with van der Waals surface area (Å²) < 4.78 is 0. The molecule has 5 heteroatoms. The number of benzene rings is 1. The fourth-order valence-electron chi connectivity index (χ4n) is 1.83. The van der Waals surface area contributed by atoms with Crippen LogP contribution in [0.4, 0.5) is 5.69 Å². The Morgan fingerprint density at radius 2 is 1.95 bits per heavy atom. The van der Waals surface area contributed by atoms with Crippen molar-refractivity contribution in [2.75, 3.05) is 18.8 Å². The van der Waals surface area contributed by atoms with E-state index in [9.17, 15) is 9.59 Å². The molecule has 0 radical (unpaired) electrons.